The van der Waals surface area contributed by atoms with Gasteiger partial charge in [0.15, 0.2) is 0 Å². The van der Waals surface area contributed by atoms with Gasteiger partial charge in [-0.2, -0.15) is 0 Å². The molecule has 1 saturated carbocycles. The van der Waals surface area contributed by atoms with Crippen molar-refractivity contribution in [2.24, 2.45) is 5.92 Å². The number of amides is 1. The molecule has 0 aliphatic heterocycles. The van der Waals surface area contributed by atoms with Crippen LogP contribution in [0.3, 0.4) is 0 Å². The van der Waals surface area contributed by atoms with E-state index in [1.165, 1.54) is 12.8 Å². The Bertz CT molecular complexity index is 247. The lowest BCUT2D eigenvalue weighted by Crippen LogP contribution is -2.36. The molecule has 0 aromatic heterocycles. The molecule has 0 radical (unpaired) electrons. The molecule has 0 aromatic rings. The van der Waals surface area contributed by atoms with Crippen molar-refractivity contribution in [1.82, 2.24) is 5.32 Å². The Labute approximate surface area is 96.4 Å². The van der Waals surface area contributed by atoms with Crippen molar-refractivity contribution in [2.45, 2.75) is 57.9 Å². The summed E-state index contributed by atoms with van der Waals surface area (Å²) in [7, 11) is 0. The van der Waals surface area contributed by atoms with Gasteiger partial charge in [-0.25, -0.2) is 0 Å². The summed E-state index contributed by atoms with van der Waals surface area (Å²) in [6.07, 6.45) is 5.99. The highest BCUT2D eigenvalue weighted by atomic mass is 16.4. The fourth-order valence-electron chi connectivity index (χ4n) is 2.27. The Hall–Kier alpha value is -1.06. The van der Waals surface area contributed by atoms with Gasteiger partial charge in [0.1, 0.15) is 0 Å². The van der Waals surface area contributed by atoms with E-state index in [4.69, 9.17) is 5.11 Å². The highest BCUT2D eigenvalue weighted by molar-refractivity contribution is 5.77. The van der Waals surface area contributed by atoms with Crippen LogP contribution in [0.5, 0.6) is 0 Å². The standard InChI is InChI=1S/C12H21NO3/c1-2-10(8-12(15)16)13-11(14)7-9-5-3-4-6-9/h9-10H,2-8H2,1H3,(H,13,14)(H,15,16). The number of carbonyl (C=O) groups is 2. The smallest absolute Gasteiger partial charge is 0.305 e. The summed E-state index contributed by atoms with van der Waals surface area (Å²) in [4.78, 5) is 22.2. The number of carbonyl (C=O) groups excluding carboxylic acids is 1. The number of aliphatic carboxylic acids is 1. The maximum Gasteiger partial charge on any atom is 0.305 e. The zero-order chi connectivity index (χ0) is 12.0. The quantitative estimate of drug-likeness (QED) is 0.728. The summed E-state index contributed by atoms with van der Waals surface area (Å²) < 4.78 is 0. The minimum absolute atomic E-state index is 0.0139. The molecular weight excluding hydrogens is 206 g/mol. The molecule has 1 aliphatic rings. The maximum absolute atomic E-state index is 11.6. The van der Waals surface area contributed by atoms with Crippen molar-refractivity contribution in [3.8, 4) is 0 Å². The lowest BCUT2D eigenvalue weighted by Gasteiger charge is -2.16. The van der Waals surface area contributed by atoms with E-state index < -0.39 is 5.97 Å². The van der Waals surface area contributed by atoms with Crippen molar-refractivity contribution in [1.29, 1.82) is 0 Å². The van der Waals surface area contributed by atoms with Gasteiger partial charge in [-0.1, -0.05) is 19.8 Å². The van der Waals surface area contributed by atoms with E-state index in [1.54, 1.807) is 0 Å². The summed E-state index contributed by atoms with van der Waals surface area (Å²) in [5, 5.41) is 11.5. The second-order valence-electron chi connectivity index (χ2n) is 4.63. The monoisotopic (exact) mass is 227 g/mol. The molecule has 0 heterocycles. The molecule has 1 rings (SSSR count). The average molecular weight is 227 g/mol. The molecule has 0 bridgehead atoms. The number of nitrogens with one attached hydrogen (secondary N) is 1. The number of hydrogen-bond donors (Lipinski definition) is 2. The molecule has 16 heavy (non-hydrogen) atoms. The molecule has 92 valence electrons. The third kappa shape index (κ3) is 4.64. The predicted molar refractivity (Wildman–Crippen MR) is 61.0 cm³/mol. The second-order valence-corrected chi connectivity index (χ2v) is 4.63. The number of rotatable bonds is 6. The first kappa shape index (κ1) is 13.0. The van der Waals surface area contributed by atoms with Gasteiger partial charge in [0.05, 0.1) is 6.42 Å². The van der Waals surface area contributed by atoms with Crippen LogP contribution in [-0.2, 0) is 9.59 Å². The van der Waals surface area contributed by atoms with Gasteiger partial charge < -0.3 is 10.4 Å². The third-order valence-corrected chi connectivity index (χ3v) is 3.23. The highest BCUT2D eigenvalue weighted by Crippen LogP contribution is 2.27. The van der Waals surface area contributed by atoms with Crippen LogP contribution in [0.2, 0.25) is 0 Å². The zero-order valence-electron chi connectivity index (χ0n) is 9.87. The summed E-state index contributed by atoms with van der Waals surface area (Å²) in [6, 6.07) is -0.216. The molecule has 1 fully saturated rings. The van der Waals surface area contributed by atoms with Crippen LogP contribution < -0.4 is 5.32 Å². The van der Waals surface area contributed by atoms with E-state index >= 15 is 0 Å². The minimum atomic E-state index is -0.854. The molecule has 2 N–H and O–H groups in total. The van der Waals surface area contributed by atoms with Crippen molar-refractivity contribution < 1.29 is 14.7 Å². The molecule has 4 nitrogen and oxygen atoms in total. The molecule has 4 heteroatoms. The van der Waals surface area contributed by atoms with Gasteiger partial charge in [-0.05, 0) is 25.2 Å². The van der Waals surface area contributed by atoms with Gasteiger partial charge in [-0.15, -0.1) is 0 Å². The van der Waals surface area contributed by atoms with Gasteiger partial charge >= 0.3 is 5.97 Å². The molecule has 0 spiro atoms. The van der Waals surface area contributed by atoms with Crippen LogP contribution in [0.4, 0.5) is 0 Å². The largest absolute Gasteiger partial charge is 0.481 e. The average Bonchev–Trinajstić information content (AvgIpc) is 2.68. The summed E-state index contributed by atoms with van der Waals surface area (Å²) in [5.41, 5.74) is 0. The lowest BCUT2D eigenvalue weighted by atomic mass is 10.0. The van der Waals surface area contributed by atoms with E-state index in [-0.39, 0.29) is 18.4 Å². The van der Waals surface area contributed by atoms with Crippen molar-refractivity contribution in [3.05, 3.63) is 0 Å². The Kier molecular flexibility index (Phi) is 5.29. The third-order valence-electron chi connectivity index (χ3n) is 3.23. The van der Waals surface area contributed by atoms with Gasteiger partial charge in [0.25, 0.3) is 0 Å². The Balaban J connectivity index is 2.27. The SMILES string of the molecule is CCC(CC(=O)O)NC(=O)CC1CCCC1. The fraction of sp³-hybridized carbons (Fsp3) is 0.833. The highest BCUT2D eigenvalue weighted by Gasteiger charge is 2.20. The van der Waals surface area contributed by atoms with Gasteiger partial charge in [0.2, 0.25) is 5.91 Å². The summed E-state index contributed by atoms with van der Waals surface area (Å²) in [6.45, 7) is 1.89. The first-order valence-electron chi connectivity index (χ1n) is 6.13. The predicted octanol–water partition coefficient (Wildman–Crippen LogP) is 1.94. The van der Waals surface area contributed by atoms with Crippen LogP contribution in [-0.4, -0.2) is 23.0 Å². The molecular formula is C12H21NO3. The Morgan fingerprint density at radius 3 is 2.50 bits per heavy atom. The van der Waals surface area contributed by atoms with E-state index in [9.17, 15) is 9.59 Å². The molecule has 1 atom stereocenters. The van der Waals surface area contributed by atoms with Crippen molar-refractivity contribution in [3.63, 3.8) is 0 Å². The van der Waals surface area contributed by atoms with Crippen molar-refractivity contribution in [2.75, 3.05) is 0 Å². The number of hydrogen-bond acceptors (Lipinski definition) is 2. The number of carboxylic acid groups (broad SMARTS) is 1. The first-order chi connectivity index (χ1) is 7.61. The molecule has 1 amide bonds. The van der Waals surface area contributed by atoms with Crippen LogP contribution in [0.25, 0.3) is 0 Å². The number of carboxylic acids is 1. The summed E-state index contributed by atoms with van der Waals surface area (Å²) in [5.74, 6) is -0.324. The van der Waals surface area contributed by atoms with Crippen molar-refractivity contribution >= 4 is 11.9 Å². The van der Waals surface area contributed by atoms with Crippen LogP contribution >= 0.6 is 0 Å². The van der Waals surface area contributed by atoms with Gasteiger partial charge in [0, 0.05) is 12.5 Å². The molecule has 1 aliphatic carbocycles. The van der Waals surface area contributed by atoms with Crippen LogP contribution in [0.1, 0.15) is 51.9 Å². The van der Waals surface area contributed by atoms with E-state index in [0.29, 0.717) is 18.8 Å². The van der Waals surface area contributed by atoms with E-state index in [1.807, 2.05) is 6.92 Å². The molecule has 0 saturated heterocycles. The topological polar surface area (TPSA) is 66.4 Å². The Morgan fingerprint density at radius 1 is 1.38 bits per heavy atom. The maximum atomic E-state index is 11.6. The van der Waals surface area contributed by atoms with Gasteiger partial charge in [-0.3, -0.25) is 9.59 Å². The lowest BCUT2D eigenvalue weighted by molar-refractivity contribution is -0.137. The van der Waals surface area contributed by atoms with Crippen LogP contribution in [0, 0.1) is 5.92 Å². The molecule has 0 aromatic carbocycles. The second kappa shape index (κ2) is 6.51. The first-order valence-corrected chi connectivity index (χ1v) is 6.13. The van der Waals surface area contributed by atoms with E-state index in [0.717, 1.165) is 12.8 Å². The summed E-state index contributed by atoms with van der Waals surface area (Å²) >= 11 is 0. The fourth-order valence-corrected chi connectivity index (χ4v) is 2.27. The normalized spacial score (nSPS) is 18.3. The Morgan fingerprint density at radius 2 is 2.00 bits per heavy atom. The minimum Gasteiger partial charge on any atom is -0.481 e. The van der Waals surface area contributed by atoms with E-state index in [2.05, 4.69) is 5.32 Å². The zero-order valence-corrected chi connectivity index (χ0v) is 9.87. The molecule has 1 unspecified atom stereocenters. The van der Waals surface area contributed by atoms with Crippen LogP contribution in [0.15, 0.2) is 0 Å².